The minimum Gasteiger partial charge on any atom is -0.449 e. The maximum Gasteiger partial charge on any atom is 0.284 e. The summed E-state index contributed by atoms with van der Waals surface area (Å²) in [5.41, 5.74) is 0. The van der Waals surface area contributed by atoms with Gasteiger partial charge in [0.1, 0.15) is 21.0 Å². The highest BCUT2D eigenvalue weighted by Crippen LogP contribution is 1.63. The van der Waals surface area contributed by atoms with Gasteiger partial charge in [0.25, 0.3) is 20.0 Å². The lowest BCUT2D eigenvalue weighted by Gasteiger charge is -1.97. The average molecular weight is 187 g/mol. The summed E-state index contributed by atoms with van der Waals surface area (Å²) in [4.78, 5) is 0. The predicted octanol–water partition coefficient (Wildman–Crippen LogP) is -4.24. The quantitative estimate of drug-likeness (QED) is 0.358. The molecule has 0 unspecified atom stereocenters. The van der Waals surface area contributed by atoms with E-state index in [1.165, 1.54) is 0 Å². The van der Waals surface area contributed by atoms with Gasteiger partial charge in [-0.2, -0.15) is 0 Å². The van der Waals surface area contributed by atoms with E-state index in [1.54, 1.807) is 0 Å². The van der Waals surface area contributed by atoms with E-state index in [9.17, 15) is 0 Å². The van der Waals surface area contributed by atoms with Crippen LogP contribution in [-0.4, -0.2) is 41.0 Å². The molecule has 0 atom stereocenters. The van der Waals surface area contributed by atoms with Gasteiger partial charge in [-0.1, -0.05) is 0 Å². The maximum atomic E-state index is 5.03. The third-order valence-electron chi connectivity index (χ3n) is 0.402. The van der Waals surface area contributed by atoms with Gasteiger partial charge in [-0.05, 0) is 0 Å². The zero-order chi connectivity index (χ0) is 5.54. The van der Waals surface area contributed by atoms with Crippen molar-refractivity contribution in [2.45, 2.75) is 0 Å². The molecule has 0 aromatic rings. The van der Waals surface area contributed by atoms with Crippen LogP contribution < -0.4 is 6.15 Å². The second-order valence-corrected chi connectivity index (χ2v) is 7.74. The molecule has 8 heteroatoms. The van der Waals surface area contributed by atoms with Crippen molar-refractivity contribution in [1.82, 2.24) is 6.15 Å². The van der Waals surface area contributed by atoms with Gasteiger partial charge in [-0.3, -0.25) is 0 Å². The van der Waals surface area contributed by atoms with Crippen LogP contribution in [0.5, 0.6) is 0 Å². The zero-order valence-electron chi connectivity index (χ0n) is 5.35. The summed E-state index contributed by atoms with van der Waals surface area (Å²) in [6.45, 7) is 0. The first-order valence-corrected chi connectivity index (χ1v) is 5.91. The molecular weight excluding hydrogens is 174 g/mol. The molecular formula is H13NO3Si4. The first-order chi connectivity index (χ1) is 3.41. The Balaban J connectivity index is 0. The Kier molecular flexibility index (Phi) is 15.3. The molecule has 0 radical (unpaired) electrons. The molecule has 0 aliphatic rings. The molecule has 8 heavy (non-hydrogen) atoms. The van der Waals surface area contributed by atoms with E-state index in [-0.39, 0.29) is 6.15 Å². The largest absolute Gasteiger partial charge is 0.449 e. The average Bonchev–Trinajstić information content (AvgIpc) is 1.69. The van der Waals surface area contributed by atoms with Crippen LogP contribution in [0.25, 0.3) is 0 Å². The highest BCUT2D eigenvalue weighted by molar-refractivity contribution is 6.40. The van der Waals surface area contributed by atoms with Crippen molar-refractivity contribution < 1.29 is 12.3 Å². The SMILES string of the molecule is N.[SiH3]O[SiH2]O[SiH2]O[SiH3]. The van der Waals surface area contributed by atoms with Crippen molar-refractivity contribution in [2.75, 3.05) is 0 Å². The molecule has 0 heterocycles. The van der Waals surface area contributed by atoms with Gasteiger partial charge >= 0.3 is 0 Å². The molecule has 0 rings (SSSR count). The van der Waals surface area contributed by atoms with Gasteiger partial charge in [0.15, 0.2) is 0 Å². The van der Waals surface area contributed by atoms with Gasteiger partial charge in [0, 0.05) is 0 Å². The number of hydrogen-bond acceptors (Lipinski definition) is 4. The fraction of sp³-hybridized carbons (Fsp3) is 0. The van der Waals surface area contributed by atoms with Crippen LogP contribution in [0.1, 0.15) is 0 Å². The summed E-state index contributed by atoms with van der Waals surface area (Å²) in [5, 5.41) is 0. The molecule has 0 bridgehead atoms. The smallest absolute Gasteiger partial charge is 0.284 e. The van der Waals surface area contributed by atoms with Crippen LogP contribution in [0.15, 0.2) is 0 Å². The molecule has 0 aromatic heterocycles. The maximum absolute atomic E-state index is 5.03. The Labute approximate surface area is 60.1 Å². The minimum atomic E-state index is -0.569. The Bertz CT molecular complexity index is 30.5. The van der Waals surface area contributed by atoms with Gasteiger partial charge in [-0.15, -0.1) is 0 Å². The van der Waals surface area contributed by atoms with Gasteiger partial charge in [-0.25, -0.2) is 0 Å². The van der Waals surface area contributed by atoms with Crippen molar-refractivity contribution >= 4 is 41.0 Å². The molecule has 0 aromatic carbocycles. The summed E-state index contributed by atoms with van der Waals surface area (Å²) in [7, 11) is 0.504. The molecule has 0 saturated carbocycles. The van der Waals surface area contributed by atoms with Gasteiger partial charge < -0.3 is 18.5 Å². The van der Waals surface area contributed by atoms with E-state index in [0.29, 0.717) is 0 Å². The van der Waals surface area contributed by atoms with Crippen LogP contribution in [0, 0.1) is 0 Å². The number of rotatable bonds is 4. The summed E-state index contributed by atoms with van der Waals surface area (Å²) in [6, 6.07) is 0. The van der Waals surface area contributed by atoms with Crippen LogP contribution in [0.3, 0.4) is 0 Å². The molecule has 0 aliphatic carbocycles. The Hall–Kier alpha value is 0.708. The third-order valence-corrected chi connectivity index (χ3v) is 3.62. The van der Waals surface area contributed by atoms with Crippen LogP contribution in [0.2, 0.25) is 0 Å². The molecule has 52 valence electrons. The molecule has 0 saturated heterocycles. The fourth-order valence-electron chi connectivity index (χ4n) is 0.201. The van der Waals surface area contributed by atoms with Crippen molar-refractivity contribution in [3.05, 3.63) is 0 Å². The lowest BCUT2D eigenvalue weighted by Crippen LogP contribution is -2.08. The van der Waals surface area contributed by atoms with Crippen molar-refractivity contribution in [3.63, 3.8) is 0 Å². The highest BCUT2D eigenvalue weighted by atomic mass is 28.4. The van der Waals surface area contributed by atoms with E-state index < -0.39 is 20.0 Å². The van der Waals surface area contributed by atoms with Crippen LogP contribution in [0.4, 0.5) is 0 Å². The summed E-state index contributed by atoms with van der Waals surface area (Å²) >= 11 is 0. The Morgan fingerprint density at radius 3 is 1.62 bits per heavy atom. The molecule has 4 nitrogen and oxygen atoms in total. The van der Waals surface area contributed by atoms with Crippen LogP contribution >= 0.6 is 0 Å². The van der Waals surface area contributed by atoms with Crippen molar-refractivity contribution in [2.24, 2.45) is 0 Å². The van der Waals surface area contributed by atoms with E-state index in [1.807, 2.05) is 0 Å². The first kappa shape index (κ1) is 11.5. The lowest BCUT2D eigenvalue weighted by atomic mass is 14.0. The Morgan fingerprint density at radius 1 is 1.00 bits per heavy atom. The summed E-state index contributed by atoms with van der Waals surface area (Å²) in [5.74, 6) is 0. The predicted molar refractivity (Wildman–Crippen MR) is 45.2 cm³/mol. The molecule has 0 aliphatic heterocycles. The summed E-state index contributed by atoms with van der Waals surface area (Å²) in [6.07, 6.45) is 0. The Morgan fingerprint density at radius 2 is 1.38 bits per heavy atom. The molecule has 3 N–H and O–H groups in total. The highest BCUT2D eigenvalue weighted by Gasteiger charge is 1.80. The van der Waals surface area contributed by atoms with Crippen molar-refractivity contribution in [3.8, 4) is 0 Å². The van der Waals surface area contributed by atoms with E-state index in [0.717, 1.165) is 21.0 Å². The van der Waals surface area contributed by atoms with E-state index in [2.05, 4.69) is 0 Å². The second-order valence-electron chi connectivity index (χ2n) is 1.02. The van der Waals surface area contributed by atoms with Crippen molar-refractivity contribution in [1.29, 1.82) is 0 Å². The summed E-state index contributed by atoms with van der Waals surface area (Å²) < 4.78 is 14.8. The van der Waals surface area contributed by atoms with E-state index >= 15 is 0 Å². The van der Waals surface area contributed by atoms with Gasteiger partial charge in [0.05, 0.1) is 0 Å². The lowest BCUT2D eigenvalue weighted by molar-refractivity contribution is 0.443. The van der Waals surface area contributed by atoms with Gasteiger partial charge in [0.2, 0.25) is 0 Å². The fourth-order valence-corrected chi connectivity index (χ4v) is 4.81. The second kappa shape index (κ2) is 10.6. The molecule has 0 spiro atoms. The standard InChI is InChI=1S/H3N.H10O3Si4/c;4-1-6-3-7-2-5/h1H3;6-7H2,4-5H3. The normalized spacial score (nSPS) is 12.0. The van der Waals surface area contributed by atoms with Crippen LogP contribution in [-0.2, 0) is 12.3 Å². The topological polar surface area (TPSA) is 62.7 Å². The first-order valence-electron chi connectivity index (χ1n) is 1.97. The third kappa shape index (κ3) is 9.86. The molecule has 0 fully saturated rings. The number of hydrogen-bond donors (Lipinski definition) is 1. The minimum absolute atomic E-state index is 0. The zero-order valence-corrected chi connectivity index (χ0v) is 12.2. The monoisotopic (exact) mass is 187 g/mol. The molecule has 0 amide bonds. The van der Waals surface area contributed by atoms with E-state index in [4.69, 9.17) is 12.3 Å².